The van der Waals surface area contributed by atoms with E-state index in [9.17, 15) is 14.4 Å². The first-order chi connectivity index (χ1) is 23.5. The van der Waals surface area contributed by atoms with E-state index >= 15 is 0 Å². The summed E-state index contributed by atoms with van der Waals surface area (Å²) >= 11 is 0. The highest BCUT2D eigenvalue weighted by atomic mass is 16.5. The van der Waals surface area contributed by atoms with Crippen LogP contribution in [0, 0.1) is 5.92 Å². The first kappa shape index (κ1) is 40.0. The first-order valence-corrected chi connectivity index (χ1v) is 19.9. The zero-order valence-corrected chi connectivity index (χ0v) is 30.7. The van der Waals surface area contributed by atoms with E-state index in [1.807, 2.05) is 49.1 Å². The fourth-order valence-electron chi connectivity index (χ4n) is 7.84. The number of hydrogen-bond acceptors (Lipinski definition) is 6. The summed E-state index contributed by atoms with van der Waals surface area (Å²) in [4.78, 5) is 41.6. The van der Waals surface area contributed by atoms with Crippen LogP contribution in [-0.2, 0) is 23.9 Å². The molecule has 7 nitrogen and oxygen atoms in total. The monoisotopic (exact) mass is 669 g/mol. The summed E-state index contributed by atoms with van der Waals surface area (Å²) in [6, 6.07) is 8.82. The minimum absolute atomic E-state index is 0.0406. The Kier molecular flexibility index (Phi) is 19.9. The Balaban J connectivity index is 1.31. The average Bonchev–Trinajstić information content (AvgIpc) is 3.70. The molecule has 7 heteroatoms. The molecule has 1 aliphatic heterocycles. The molecule has 1 aliphatic carbocycles. The van der Waals surface area contributed by atoms with E-state index in [1.165, 1.54) is 89.9 Å². The summed E-state index contributed by atoms with van der Waals surface area (Å²) < 4.78 is 11.1. The summed E-state index contributed by atoms with van der Waals surface area (Å²) in [6.07, 6.45) is 25.3. The van der Waals surface area contributed by atoms with Crippen molar-refractivity contribution in [1.29, 1.82) is 0 Å². The van der Waals surface area contributed by atoms with Crippen LogP contribution in [0.3, 0.4) is 0 Å². The van der Waals surface area contributed by atoms with Crippen LogP contribution in [0.4, 0.5) is 0 Å². The van der Waals surface area contributed by atoms with Crippen molar-refractivity contribution in [3.63, 3.8) is 0 Å². The Morgan fingerprint density at radius 3 is 1.96 bits per heavy atom. The number of fused-ring (bicyclic) bond motifs is 1. The predicted molar refractivity (Wildman–Crippen MR) is 195 cm³/mol. The normalized spacial score (nSPS) is 20.0. The van der Waals surface area contributed by atoms with Gasteiger partial charge in [0.1, 0.15) is 6.04 Å². The number of carbonyl (C=O) groups is 3. The maximum atomic E-state index is 13.8. The Morgan fingerprint density at radius 2 is 1.38 bits per heavy atom. The van der Waals surface area contributed by atoms with Gasteiger partial charge in [-0.1, -0.05) is 140 Å². The van der Waals surface area contributed by atoms with Gasteiger partial charge < -0.3 is 19.7 Å². The minimum Gasteiger partial charge on any atom is -0.466 e. The summed E-state index contributed by atoms with van der Waals surface area (Å²) in [5, 5.41) is 3.35. The summed E-state index contributed by atoms with van der Waals surface area (Å²) in [5.41, 5.74) is 0.914. The van der Waals surface area contributed by atoms with Gasteiger partial charge in [-0.2, -0.15) is 0 Å². The molecule has 48 heavy (non-hydrogen) atoms. The van der Waals surface area contributed by atoms with Crippen molar-refractivity contribution in [3.05, 3.63) is 35.9 Å². The molecule has 5 atom stereocenters. The SMILES string of the molecule is CCCCCCCCCCCCCCCCCCOC(=O)[C@@H]1C[C@@H]2CCC[C@@H]2N1C(=O)[C@H](C)NCCC(C(=O)OCC)c1ccccc1. The summed E-state index contributed by atoms with van der Waals surface area (Å²) in [5.74, 6) is -0.539. The van der Waals surface area contributed by atoms with Crippen molar-refractivity contribution in [2.75, 3.05) is 19.8 Å². The lowest BCUT2D eigenvalue weighted by atomic mass is 9.95. The molecule has 1 aromatic carbocycles. The van der Waals surface area contributed by atoms with Gasteiger partial charge in [0.2, 0.25) is 5.91 Å². The number of nitrogens with zero attached hydrogens (tertiary/aromatic N) is 1. The number of ether oxygens (including phenoxy) is 2. The molecular weight excluding hydrogens is 600 g/mol. The third kappa shape index (κ3) is 13.8. The molecule has 1 aromatic rings. The van der Waals surface area contributed by atoms with E-state index in [4.69, 9.17) is 9.47 Å². The van der Waals surface area contributed by atoms with Gasteiger partial charge in [-0.05, 0) is 64.0 Å². The number of hydrogen-bond donors (Lipinski definition) is 1. The Hall–Kier alpha value is -2.41. The smallest absolute Gasteiger partial charge is 0.328 e. The third-order valence-electron chi connectivity index (χ3n) is 10.6. The second-order valence-electron chi connectivity index (χ2n) is 14.4. The van der Waals surface area contributed by atoms with E-state index in [1.54, 1.807) is 0 Å². The van der Waals surface area contributed by atoms with Gasteiger partial charge in [0.15, 0.2) is 0 Å². The highest BCUT2D eigenvalue weighted by molar-refractivity contribution is 5.88. The molecular formula is C41H68N2O5. The molecule has 3 rings (SSSR count). The molecule has 1 heterocycles. The van der Waals surface area contributed by atoms with Crippen molar-refractivity contribution in [3.8, 4) is 0 Å². The zero-order valence-electron chi connectivity index (χ0n) is 30.7. The van der Waals surface area contributed by atoms with Crippen LogP contribution in [-0.4, -0.2) is 60.6 Å². The third-order valence-corrected chi connectivity index (χ3v) is 10.6. The van der Waals surface area contributed by atoms with E-state index in [2.05, 4.69) is 12.2 Å². The van der Waals surface area contributed by atoms with Crippen molar-refractivity contribution in [2.45, 2.75) is 180 Å². The quantitative estimate of drug-likeness (QED) is 0.0783. The van der Waals surface area contributed by atoms with E-state index in [0.29, 0.717) is 38.5 Å². The van der Waals surface area contributed by atoms with Crippen LogP contribution < -0.4 is 5.32 Å². The Labute approximate surface area is 292 Å². The van der Waals surface area contributed by atoms with E-state index in [-0.39, 0.29) is 29.8 Å². The topological polar surface area (TPSA) is 84.9 Å². The van der Waals surface area contributed by atoms with Crippen molar-refractivity contribution in [1.82, 2.24) is 10.2 Å². The molecule has 0 radical (unpaired) electrons. The number of amides is 1. The van der Waals surface area contributed by atoms with Crippen molar-refractivity contribution < 1.29 is 23.9 Å². The molecule has 1 saturated heterocycles. The van der Waals surface area contributed by atoms with Crippen LogP contribution in [0.5, 0.6) is 0 Å². The number of nitrogens with one attached hydrogen (secondary N) is 1. The van der Waals surface area contributed by atoms with Crippen LogP contribution >= 0.6 is 0 Å². The maximum absolute atomic E-state index is 13.8. The fraction of sp³-hybridized carbons (Fsp3) is 0.780. The van der Waals surface area contributed by atoms with Crippen LogP contribution in [0.1, 0.15) is 167 Å². The second kappa shape index (κ2) is 23.9. The molecule has 1 amide bonds. The largest absolute Gasteiger partial charge is 0.466 e. The lowest BCUT2D eigenvalue weighted by Crippen LogP contribution is -2.52. The van der Waals surface area contributed by atoms with Crippen molar-refractivity contribution in [2.24, 2.45) is 5.92 Å². The average molecular weight is 669 g/mol. The van der Waals surface area contributed by atoms with Gasteiger partial charge in [-0.25, -0.2) is 4.79 Å². The number of rotatable bonds is 26. The van der Waals surface area contributed by atoms with Crippen LogP contribution in [0.15, 0.2) is 30.3 Å². The van der Waals surface area contributed by atoms with Gasteiger partial charge in [0, 0.05) is 6.04 Å². The molecule has 2 fully saturated rings. The predicted octanol–water partition coefficient (Wildman–Crippen LogP) is 9.28. The molecule has 1 saturated carbocycles. The lowest BCUT2D eigenvalue weighted by Gasteiger charge is -2.31. The van der Waals surface area contributed by atoms with Crippen molar-refractivity contribution >= 4 is 17.8 Å². The van der Waals surface area contributed by atoms with Crippen LogP contribution in [0.2, 0.25) is 0 Å². The highest BCUT2D eigenvalue weighted by Gasteiger charge is 2.50. The zero-order chi connectivity index (χ0) is 34.4. The molecule has 1 N–H and O–H groups in total. The first-order valence-electron chi connectivity index (χ1n) is 19.9. The number of likely N-dealkylation sites (tertiary alicyclic amines) is 1. The lowest BCUT2D eigenvalue weighted by molar-refractivity contribution is -0.155. The molecule has 0 aromatic heterocycles. The number of benzene rings is 1. The number of carbonyl (C=O) groups excluding carboxylic acids is 3. The van der Waals surface area contributed by atoms with Gasteiger partial charge in [0.25, 0.3) is 0 Å². The molecule has 1 unspecified atom stereocenters. The summed E-state index contributed by atoms with van der Waals surface area (Å²) in [6.45, 7) is 7.21. The fourth-order valence-corrected chi connectivity index (χ4v) is 7.84. The molecule has 0 spiro atoms. The number of unbranched alkanes of at least 4 members (excludes halogenated alkanes) is 15. The highest BCUT2D eigenvalue weighted by Crippen LogP contribution is 2.42. The summed E-state index contributed by atoms with van der Waals surface area (Å²) in [7, 11) is 0. The minimum atomic E-state index is -0.491. The Bertz CT molecular complexity index is 1030. The van der Waals surface area contributed by atoms with Crippen LogP contribution in [0.25, 0.3) is 0 Å². The number of esters is 2. The molecule has 272 valence electrons. The second-order valence-corrected chi connectivity index (χ2v) is 14.4. The van der Waals surface area contributed by atoms with Gasteiger partial charge in [-0.15, -0.1) is 0 Å². The van der Waals surface area contributed by atoms with Gasteiger partial charge >= 0.3 is 11.9 Å². The van der Waals surface area contributed by atoms with Gasteiger partial charge in [0.05, 0.1) is 25.2 Å². The molecule has 2 aliphatic rings. The maximum Gasteiger partial charge on any atom is 0.328 e. The van der Waals surface area contributed by atoms with E-state index < -0.39 is 12.1 Å². The Morgan fingerprint density at radius 1 is 0.792 bits per heavy atom. The molecule has 0 bridgehead atoms. The standard InChI is InChI=1S/C41H68N2O5/c1-4-6-7-8-9-10-11-12-13-14-15-16-17-18-19-23-31-48-41(46)38-32-35-27-24-28-37(35)43(38)39(44)33(3)42-30-29-36(40(45)47-5-2)34-25-21-20-22-26-34/h20-22,25-26,33,35-38,42H,4-19,23-24,27-32H2,1-3H3/t33-,35-,36?,37-,38-/m0/s1. The van der Waals surface area contributed by atoms with E-state index in [0.717, 1.165) is 37.7 Å². The van der Waals surface area contributed by atoms with Gasteiger partial charge in [-0.3, -0.25) is 9.59 Å².